The first-order valence-corrected chi connectivity index (χ1v) is 6.20. The highest BCUT2D eigenvalue weighted by Crippen LogP contribution is 2.18. The van der Waals surface area contributed by atoms with E-state index in [0.29, 0.717) is 6.04 Å². The van der Waals surface area contributed by atoms with Crippen LogP contribution in [-0.4, -0.2) is 50.8 Å². The van der Waals surface area contributed by atoms with Crippen LogP contribution in [0.15, 0.2) is 0 Å². The van der Waals surface area contributed by atoms with Crippen molar-refractivity contribution in [3.05, 3.63) is 0 Å². The van der Waals surface area contributed by atoms with Crippen LogP contribution in [0.1, 0.15) is 32.6 Å². The van der Waals surface area contributed by atoms with Gasteiger partial charge >= 0.3 is 0 Å². The smallest absolute Gasteiger partial charge is 0.0474 e. The van der Waals surface area contributed by atoms with Gasteiger partial charge in [0.25, 0.3) is 0 Å². The zero-order valence-corrected chi connectivity index (χ0v) is 10.5. The first-order chi connectivity index (χ1) is 7.27. The molecule has 1 atom stereocenters. The monoisotopic (exact) mass is 214 g/mol. The van der Waals surface area contributed by atoms with Crippen LogP contribution in [0.4, 0.5) is 0 Å². The van der Waals surface area contributed by atoms with Crippen molar-refractivity contribution in [3.8, 4) is 0 Å². The van der Waals surface area contributed by atoms with Gasteiger partial charge in [-0.15, -0.1) is 0 Å². The molecular formula is C12H26N2O. The summed E-state index contributed by atoms with van der Waals surface area (Å²) in [7, 11) is 3.99. The summed E-state index contributed by atoms with van der Waals surface area (Å²) in [6.07, 6.45) is 5.11. The molecule has 0 bridgehead atoms. The summed E-state index contributed by atoms with van der Waals surface area (Å²) in [6.45, 7) is 5.42. The van der Waals surface area contributed by atoms with E-state index in [2.05, 4.69) is 24.2 Å². The summed E-state index contributed by atoms with van der Waals surface area (Å²) in [5, 5.41) is 3.61. The molecular weight excluding hydrogens is 188 g/mol. The first kappa shape index (κ1) is 12.9. The molecule has 3 nitrogen and oxygen atoms in total. The van der Waals surface area contributed by atoms with E-state index in [0.717, 1.165) is 32.2 Å². The molecule has 1 saturated carbocycles. The summed E-state index contributed by atoms with van der Waals surface area (Å²) >= 11 is 0. The van der Waals surface area contributed by atoms with Gasteiger partial charge in [0.15, 0.2) is 0 Å². The lowest BCUT2D eigenvalue weighted by Crippen LogP contribution is -2.41. The van der Waals surface area contributed by atoms with Crippen LogP contribution in [0.5, 0.6) is 0 Å². The van der Waals surface area contributed by atoms with Gasteiger partial charge in [-0.25, -0.2) is 0 Å². The van der Waals surface area contributed by atoms with Gasteiger partial charge < -0.3 is 15.0 Å². The van der Waals surface area contributed by atoms with Crippen LogP contribution in [0.3, 0.4) is 0 Å². The van der Waals surface area contributed by atoms with Crippen LogP contribution in [0.25, 0.3) is 0 Å². The van der Waals surface area contributed by atoms with Gasteiger partial charge in [-0.05, 0) is 32.7 Å². The average molecular weight is 214 g/mol. The Kier molecular flexibility index (Phi) is 6.22. The Bertz CT molecular complexity index is 160. The summed E-state index contributed by atoms with van der Waals surface area (Å²) in [5.74, 6) is 0. The van der Waals surface area contributed by atoms with Crippen LogP contribution in [0, 0.1) is 0 Å². The lowest BCUT2D eigenvalue weighted by atomic mass is 10.2. The fraction of sp³-hybridized carbons (Fsp3) is 1.00. The standard InChI is InChI=1S/C12H26N2O/c1-4-12(10-13-11-6-7-11)14(2)8-5-9-15-3/h11-13H,4-10H2,1-3H3. The number of methoxy groups -OCH3 is 1. The molecule has 0 radical (unpaired) electrons. The summed E-state index contributed by atoms with van der Waals surface area (Å²) in [5.41, 5.74) is 0. The molecule has 0 saturated heterocycles. The van der Waals surface area contributed by atoms with Gasteiger partial charge in [0, 0.05) is 38.9 Å². The third-order valence-corrected chi connectivity index (χ3v) is 3.17. The topological polar surface area (TPSA) is 24.5 Å². The number of rotatable bonds is 9. The minimum Gasteiger partial charge on any atom is -0.385 e. The van der Waals surface area contributed by atoms with Crippen molar-refractivity contribution in [2.45, 2.75) is 44.7 Å². The minimum absolute atomic E-state index is 0.683. The Morgan fingerprint density at radius 3 is 2.73 bits per heavy atom. The Labute approximate surface area is 94.2 Å². The highest BCUT2D eigenvalue weighted by Gasteiger charge is 2.22. The van der Waals surface area contributed by atoms with Crippen molar-refractivity contribution in [1.29, 1.82) is 0 Å². The molecule has 1 aliphatic rings. The number of hydrogen-bond acceptors (Lipinski definition) is 3. The third kappa shape index (κ3) is 5.50. The lowest BCUT2D eigenvalue weighted by Gasteiger charge is -2.27. The van der Waals surface area contributed by atoms with E-state index in [4.69, 9.17) is 4.74 Å². The third-order valence-electron chi connectivity index (χ3n) is 3.17. The number of nitrogens with zero attached hydrogens (tertiary/aromatic N) is 1. The zero-order chi connectivity index (χ0) is 11.1. The summed E-state index contributed by atoms with van der Waals surface area (Å²) in [4.78, 5) is 2.45. The molecule has 0 aliphatic heterocycles. The Balaban J connectivity index is 2.10. The molecule has 1 N–H and O–H groups in total. The van der Waals surface area contributed by atoms with Crippen molar-refractivity contribution in [3.63, 3.8) is 0 Å². The molecule has 0 amide bonds. The van der Waals surface area contributed by atoms with E-state index in [1.165, 1.54) is 19.3 Å². The molecule has 1 rings (SSSR count). The highest BCUT2D eigenvalue weighted by molar-refractivity contribution is 4.83. The Morgan fingerprint density at radius 1 is 1.47 bits per heavy atom. The second-order valence-electron chi connectivity index (χ2n) is 4.57. The number of likely N-dealkylation sites (N-methyl/N-ethyl adjacent to an activating group) is 1. The molecule has 0 aromatic carbocycles. The van der Waals surface area contributed by atoms with E-state index in [9.17, 15) is 0 Å². The fourth-order valence-corrected chi connectivity index (χ4v) is 1.84. The van der Waals surface area contributed by atoms with Crippen molar-refractivity contribution < 1.29 is 4.74 Å². The molecule has 15 heavy (non-hydrogen) atoms. The number of ether oxygens (including phenoxy) is 1. The molecule has 90 valence electrons. The van der Waals surface area contributed by atoms with Gasteiger partial charge in [-0.3, -0.25) is 0 Å². The second-order valence-corrected chi connectivity index (χ2v) is 4.57. The Hall–Kier alpha value is -0.120. The number of nitrogens with one attached hydrogen (secondary N) is 1. The van der Waals surface area contributed by atoms with Gasteiger partial charge in [0.05, 0.1) is 0 Å². The van der Waals surface area contributed by atoms with Gasteiger partial charge in [0.1, 0.15) is 0 Å². The molecule has 0 aromatic rings. The van der Waals surface area contributed by atoms with Crippen LogP contribution >= 0.6 is 0 Å². The van der Waals surface area contributed by atoms with Crippen LogP contribution < -0.4 is 5.32 Å². The zero-order valence-electron chi connectivity index (χ0n) is 10.5. The van der Waals surface area contributed by atoms with Crippen molar-refractivity contribution in [1.82, 2.24) is 10.2 Å². The van der Waals surface area contributed by atoms with E-state index < -0.39 is 0 Å². The summed E-state index contributed by atoms with van der Waals surface area (Å²) < 4.78 is 5.07. The molecule has 1 aliphatic carbocycles. The molecule has 0 heterocycles. The largest absolute Gasteiger partial charge is 0.385 e. The fourth-order valence-electron chi connectivity index (χ4n) is 1.84. The molecule has 3 heteroatoms. The normalized spacial score (nSPS) is 18.4. The maximum Gasteiger partial charge on any atom is 0.0474 e. The van der Waals surface area contributed by atoms with Crippen molar-refractivity contribution in [2.24, 2.45) is 0 Å². The van der Waals surface area contributed by atoms with E-state index in [1.807, 2.05) is 0 Å². The molecule has 1 fully saturated rings. The van der Waals surface area contributed by atoms with Crippen LogP contribution in [-0.2, 0) is 4.74 Å². The van der Waals surface area contributed by atoms with E-state index >= 15 is 0 Å². The average Bonchev–Trinajstić information content (AvgIpc) is 3.03. The van der Waals surface area contributed by atoms with E-state index in [1.54, 1.807) is 7.11 Å². The molecule has 0 spiro atoms. The van der Waals surface area contributed by atoms with Crippen LogP contribution in [0.2, 0.25) is 0 Å². The summed E-state index contributed by atoms with van der Waals surface area (Å²) in [6, 6.07) is 1.51. The Morgan fingerprint density at radius 2 is 2.20 bits per heavy atom. The highest BCUT2D eigenvalue weighted by atomic mass is 16.5. The predicted octanol–water partition coefficient (Wildman–Crippen LogP) is 1.49. The van der Waals surface area contributed by atoms with E-state index in [-0.39, 0.29) is 0 Å². The molecule has 0 aromatic heterocycles. The van der Waals surface area contributed by atoms with Crippen molar-refractivity contribution in [2.75, 3.05) is 33.9 Å². The van der Waals surface area contributed by atoms with Gasteiger partial charge in [-0.2, -0.15) is 0 Å². The predicted molar refractivity (Wildman–Crippen MR) is 64.2 cm³/mol. The van der Waals surface area contributed by atoms with Crippen molar-refractivity contribution >= 4 is 0 Å². The first-order valence-electron chi connectivity index (χ1n) is 6.20. The lowest BCUT2D eigenvalue weighted by molar-refractivity contribution is 0.162. The maximum atomic E-state index is 5.07. The quantitative estimate of drug-likeness (QED) is 0.589. The SMILES string of the molecule is CCC(CNC1CC1)N(C)CCCOC. The molecule has 1 unspecified atom stereocenters. The van der Waals surface area contributed by atoms with Gasteiger partial charge in [-0.1, -0.05) is 6.92 Å². The number of hydrogen-bond donors (Lipinski definition) is 1. The van der Waals surface area contributed by atoms with Gasteiger partial charge in [0.2, 0.25) is 0 Å². The maximum absolute atomic E-state index is 5.07. The second kappa shape index (κ2) is 7.20. The minimum atomic E-state index is 0.683.